The number of carbonyl (C=O) groups excluding carboxylic acids is 3. The molecule has 0 spiro atoms. The molecule has 3 amide bonds. The first-order chi connectivity index (χ1) is 23.4. The number of hydrogen-bond donors (Lipinski definition) is 3. The molecule has 6 aromatic rings. The molecule has 3 N–H and O–H groups in total. The van der Waals surface area contributed by atoms with E-state index in [0.717, 1.165) is 26.8 Å². The van der Waals surface area contributed by atoms with Gasteiger partial charge in [0.25, 0.3) is 11.8 Å². The third-order valence-corrected chi connectivity index (χ3v) is 8.95. The molecular formula is C40H30ClN3O3S. The summed E-state index contributed by atoms with van der Waals surface area (Å²) in [5.41, 5.74) is 3.31. The molecule has 48 heavy (non-hydrogen) atoms. The third kappa shape index (κ3) is 8.20. The average molecular weight is 668 g/mol. The monoisotopic (exact) mass is 667 g/mol. The summed E-state index contributed by atoms with van der Waals surface area (Å²) >= 11 is 7.52. The Morgan fingerprint density at radius 1 is 0.646 bits per heavy atom. The molecule has 0 aliphatic heterocycles. The summed E-state index contributed by atoms with van der Waals surface area (Å²) < 4.78 is 0. The molecule has 0 aliphatic carbocycles. The second-order valence-electron chi connectivity index (χ2n) is 10.8. The van der Waals surface area contributed by atoms with Gasteiger partial charge < -0.3 is 16.0 Å². The van der Waals surface area contributed by atoms with E-state index in [2.05, 4.69) is 16.0 Å². The second-order valence-corrected chi connectivity index (χ2v) is 12.4. The Morgan fingerprint density at radius 2 is 1.31 bits per heavy atom. The van der Waals surface area contributed by atoms with E-state index in [9.17, 15) is 14.4 Å². The van der Waals surface area contributed by atoms with Crippen LogP contribution in [0.1, 0.15) is 26.7 Å². The van der Waals surface area contributed by atoms with Gasteiger partial charge in [-0.1, -0.05) is 109 Å². The molecule has 1 unspecified atom stereocenters. The van der Waals surface area contributed by atoms with Gasteiger partial charge in [0.05, 0.1) is 0 Å². The van der Waals surface area contributed by atoms with E-state index >= 15 is 0 Å². The van der Waals surface area contributed by atoms with Gasteiger partial charge in [-0.3, -0.25) is 14.4 Å². The van der Waals surface area contributed by atoms with Gasteiger partial charge in [-0.05, 0) is 82.6 Å². The number of rotatable bonds is 10. The van der Waals surface area contributed by atoms with Gasteiger partial charge in [0.1, 0.15) is 10.9 Å². The van der Waals surface area contributed by atoms with Crippen LogP contribution in [0.15, 0.2) is 162 Å². The van der Waals surface area contributed by atoms with Crippen LogP contribution in [0, 0.1) is 0 Å². The molecule has 6 rings (SSSR count). The maximum absolute atomic E-state index is 13.7. The first kappa shape index (κ1) is 32.3. The Bertz CT molecular complexity index is 2100. The highest BCUT2D eigenvalue weighted by Crippen LogP contribution is 2.37. The van der Waals surface area contributed by atoms with Crippen molar-refractivity contribution < 1.29 is 14.4 Å². The van der Waals surface area contributed by atoms with Gasteiger partial charge in [-0.2, -0.15) is 0 Å². The molecule has 0 aromatic heterocycles. The Labute approximate surface area is 287 Å². The van der Waals surface area contributed by atoms with Crippen LogP contribution in [0.4, 0.5) is 11.4 Å². The first-order valence-electron chi connectivity index (χ1n) is 15.2. The lowest BCUT2D eigenvalue weighted by Gasteiger charge is -2.18. The van der Waals surface area contributed by atoms with Crippen molar-refractivity contribution in [3.8, 4) is 0 Å². The number of anilines is 2. The predicted octanol–water partition coefficient (Wildman–Crippen LogP) is 9.37. The largest absolute Gasteiger partial charge is 0.325 e. The predicted molar refractivity (Wildman–Crippen MR) is 196 cm³/mol. The smallest absolute Gasteiger partial charge is 0.272 e. The van der Waals surface area contributed by atoms with Crippen LogP contribution < -0.4 is 16.0 Å². The summed E-state index contributed by atoms with van der Waals surface area (Å²) in [7, 11) is 0. The molecule has 1 atom stereocenters. The summed E-state index contributed by atoms with van der Waals surface area (Å²) in [6.07, 6.45) is 1.69. The normalized spacial score (nSPS) is 11.8. The highest BCUT2D eigenvalue weighted by molar-refractivity contribution is 8.00. The summed E-state index contributed by atoms with van der Waals surface area (Å²) in [4.78, 5) is 41.1. The Hall–Kier alpha value is -5.63. The minimum Gasteiger partial charge on any atom is -0.325 e. The summed E-state index contributed by atoms with van der Waals surface area (Å²) in [5, 5.41) is 10.6. The van der Waals surface area contributed by atoms with E-state index < -0.39 is 17.1 Å². The number of hydrogen-bond acceptors (Lipinski definition) is 4. The van der Waals surface area contributed by atoms with E-state index in [-0.39, 0.29) is 11.6 Å². The van der Waals surface area contributed by atoms with Crippen molar-refractivity contribution in [1.82, 2.24) is 5.32 Å². The SMILES string of the molecule is O=C(Nc1ccc(SC(C(=O)Nc2cccc(Cl)c2)c2ccccc2)cc1)/C(=C/c1cccc2ccccc12)NC(=O)c1ccccc1. The van der Waals surface area contributed by atoms with Gasteiger partial charge in [-0.15, -0.1) is 11.8 Å². The van der Waals surface area contributed by atoms with E-state index in [0.29, 0.717) is 22.0 Å². The first-order valence-corrected chi connectivity index (χ1v) is 16.4. The Kier molecular flexibility index (Phi) is 10.3. The second kappa shape index (κ2) is 15.3. The van der Waals surface area contributed by atoms with E-state index in [4.69, 9.17) is 11.6 Å². The number of fused-ring (bicyclic) bond motifs is 1. The third-order valence-electron chi connectivity index (χ3n) is 7.45. The topological polar surface area (TPSA) is 87.3 Å². The van der Waals surface area contributed by atoms with Crippen LogP contribution in [0.3, 0.4) is 0 Å². The summed E-state index contributed by atoms with van der Waals surface area (Å²) in [6, 6.07) is 46.2. The van der Waals surface area contributed by atoms with Gasteiger partial charge in [0.2, 0.25) is 5.91 Å². The number of thioether (sulfide) groups is 1. The van der Waals surface area contributed by atoms with Crippen molar-refractivity contribution in [1.29, 1.82) is 0 Å². The van der Waals surface area contributed by atoms with E-state index in [1.54, 1.807) is 66.7 Å². The van der Waals surface area contributed by atoms with E-state index in [1.807, 2.05) is 91.0 Å². The van der Waals surface area contributed by atoms with Crippen molar-refractivity contribution in [2.24, 2.45) is 0 Å². The lowest BCUT2D eigenvalue weighted by Crippen LogP contribution is -2.30. The van der Waals surface area contributed by atoms with Crippen molar-refractivity contribution in [3.05, 3.63) is 179 Å². The minimum atomic E-state index is -0.547. The molecule has 0 saturated carbocycles. The highest BCUT2D eigenvalue weighted by Gasteiger charge is 2.23. The Balaban J connectivity index is 1.22. The van der Waals surface area contributed by atoms with Crippen molar-refractivity contribution in [3.63, 3.8) is 0 Å². The fraction of sp³-hybridized carbons (Fsp3) is 0.0250. The van der Waals surface area contributed by atoms with Crippen LogP contribution in [-0.4, -0.2) is 17.7 Å². The zero-order valence-electron chi connectivity index (χ0n) is 25.6. The number of carbonyl (C=O) groups is 3. The average Bonchev–Trinajstić information content (AvgIpc) is 3.11. The van der Waals surface area contributed by atoms with Gasteiger partial charge >= 0.3 is 0 Å². The van der Waals surface area contributed by atoms with Crippen LogP contribution in [-0.2, 0) is 9.59 Å². The molecule has 0 fully saturated rings. The van der Waals surface area contributed by atoms with E-state index in [1.165, 1.54) is 11.8 Å². The maximum atomic E-state index is 13.7. The Morgan fingerprint density at radius 3 is 2.06 bits per heavy atom. The molecule has 0 aliphatic rings. The zero-order valence-corrected chi connectivity index (χ0v) is 27.2. The fourth-order valence-electron chi connectivity index (χ4n) is 5.10. The summed E-state index contributed by atoms with van der Waals surface area (Å²) in [6.45, 7) is 0. The lowest BCUT2D eigenvalue weighted by molar-refractivity contribution is -0.116. The lowest BCUT2D eigenvalue weighted by atomic mass is 10.0. The molecule has 0 saturated heterocycles. The molecule has 236 valence electrons. The van der Waals surface area contributed by atoms with Crippen molar-refractivity contribution in [2.75, 3.05) is 10.6 Å². The number of nitrogens with one attached hydrogen (secondary N) is 3. The number of halogens is 1. The molecule has 0 radical (unpaired) electrons. The van der Waals surface area contributed by atoms with Crippen LogP contribution in [0.5, 0.6) is 0 Å². The zero-order chi connectivity index (χ0) is 33.3. The van der Waals surface area contributed by atoms with Gasteiger partial charge in [0, 0.05) is 26.9 Å². The molecule has 6 aromatic carbocycles. The van der Waals surface area contributed by atoms with Gasteiger partial charge in [0.15, 0.2) is 0 Å². The fourth-order valence-corrected chi connectivity index (χ4v) is 6.32. The summed E-state index contributed by atoms with van der Waals surface area (Å²) in [5.74, 6) is -1.06. The van der Waals surface area contributed by atoms with Crippen molar-refractivity contribution in [2.45, 2.75) is 10.1 Å². The molecular weight excluding hydrogens is 638 g/mol. The standard InChI is InChI=1S/C40H30ClN3O3S/c41-31-18-10-19-33(26-31)43-40(47)37(28-12-3-1-4-13-28)48-34-23-21-32(22-24-34)42-39(46)36(44-38(45)29-14-5-2-6-15-29)25-30-17-9-16-27-11-7-8-20-35(27)30/h1-26,37H,(H,42,46)(H,43,47)(H,44,45)/b36-25-. The van der Waals surface area contributed by atoms with Crippen LogP contribution in [0.25, 0.3) is 16.8 Å². The van der Waals surface area contributed by atoms with Crippen LogP contribution >= 0.6 is 23.4 Å². The molecule has 0 bridgehead atoms. The molecule has 8 heteroatoms. The van der Waals surface area contributed by atoms with Gasteiger partial charge in [-0.25, -0.2) is 0 Å². The van der Waals surface area contributed by atoms with Crippen molar-refractivity contribution >= 4 is 69.3 Å². The maximum Gasteiger partial charge on any atom is 0.272 e. The van der Waals surface area contributed by atoms with Crippen LogP contribution in [0.2, 0.25) is 5.02 Å². The molecule has 0 heterocycles. The molecule has 6 nitrogen and oxygen atoms in total. The number of benzene rings is 6. The minimum absolute atomic E-state index is 0.0977. The highest BCUT2D eigenvalue weighted by atomic mass is 35.5. The number of amides is 3. The quantitative estimate of drug-likeness (QED) is 0.100.